The van der Waals surface area contributed by atoms with E-state index in [2.05, 4.69) is 12.2 Å². The van der Waals surface area contributed by atoms with Crippen LogP contribution in [0, 0.1) is 0 Å². The SMILES string of the molecule is CCCCCCCCC(=O)CC(=O)Nc1cccc(OC)c1. The molecule has 0 saturated carbocycles. The van der Waals surface area contributed by atoms with Crippen molar-refractivity contribution in [3.05, 3.63) is 24.3 Å². The number of carbonyl (C=O) groups is 2. The van der Waals surface area contributed by atoms with Gasteiger partial charge in [-0.25, -0.2) is 0 Å². The van der Waals surface area contributed by atoms with Crippen LogP contribution in [-0.2, 0) is 9.59 Å². The summed E-state index contributed by atoms with van der Waals surface area (Å²) in [7, 11) is 1.57. The highest BCUT2D eigenvalue weighted by Crippen LogP contribution is 2.17. The van der Waals surface area contributed by atoms with Crippen molar-refractivity contribution >= 4 is 17.4 Å². The molecule has 1 aromatic carbocycles. The van der Waals surface area contributed by atoms with E-state index in [0.717, 1.165) is 12.8 Å². The number of Topliss-reactive ketones (excluding diaryl/α,β-unsaturated/α-hetero) is 1. The van der Waals surface area contributed by atoms with E-state index in [-0.39, 0.29) is 18.1 Å². The van der Waals surface area contributed by atoms with Gasteiger partial charge in [-0.2, -0.15) is 0 Å². The molecule has 4 heteroatoms. The summed E-state index contributed by atoms with van der Waals surface area (Å²) in [5.41, 5.74) is 0.650. The number of methoxy groups -OCH3 is 1. The average molecular weight is 305 g/mol. The number of unbranched alkanes of at least 4 members (excludes halogenated alkanes) is 5. The molecular formula is C18H27NO3. The summed E-state index contributed by atoms with van der Waals surface area (Å²) in [6, 6.07) is 7.11. The van der Waals surface area contributed by atoms with E-state index in [9.17, 15) is 9.59 Å². The van der Waals surface area contributed by atoms with Gasteiger partial charge >= 0.3 is 0 Å². The number of ketones is 1. The van der Waals surface area contributed by atoms with Crippen LogP contribution in [0.25, 0.3) is 0 Å². The van der Waals surface area contributed by atoms with Crippen LogP contribution in [0.4, 0.5) is 5.69 Å². The third-order valence-corrected chi connectivity index (χ3v) is 3.52. The molecule has 22 heavy (non-hydrogen) atoms. The second-order valence-electron chi connectivity index (χ2n) is 5.51. The van der Waals surface area contributed by atoms with Crippen molar-refractivity contribution in [1.82, 2.24) is 0 Å². The van der Waals surface area contributed by atoms with Gasteiger partial charge in [0.2, 0.25) is 5.91 Å². The molecule has 0 fully saturated rings. The van der Waals surface area contributed by atoms with Crippen molar-refractivity contribution in [3.63, 3.8) is 0 Å². The number of carbonyl (C=O) groups excluding carboxylic acids is 2. The summed E-state index contributed by atoms with van der Waals surface area (Å²) in [4.78, 5) is 23.6. The molecule has 0 heterocycles. The van der Waals surface area contributed by atoms with Crippen molar-refractivity contribution in [2.45, 2.75) is 58.3 Å². The summed E-state index contributed by atoms with van der Waals surface area (Å²) in [5, 5.41) is 2.73. The minimum absolute atomic E-state index is 0.0101. The Hall–Kier alpha value is -1.84. The Labute approximate surface area is 133 Å². The number of hydrogen-bond acceptors (Lipinski definition) is 3. The monoisotopic (exact) mass is 305 g/mol. The molecule has 0 unspecified atom stereocenters. The van der Waals surface area contributed by atoms with Gasteiger partial charge in [-0.05, 0) is 18.6 Å². The van der Waals surface area contributed by atoms with Crippen LogP contribution >= 0.6 is 0 Å². The van der Waals surface area contributed by atoms with Crippen LogP contribution < -0.4 is 10.1 Å². The quantitative estimate of drug-likeness (QED) is 0.488. The first kappa shape index (κ1) is 18.2. The van der Waals surface area contributed by atoms with Gasteiger partial charge in [-0.15, -0.1) is 0 Å². The van der Waals surface area contributed by atoms with Crippen molar-refractivity contribution in [2.24, 2.45) is 0 Å². The highest BCUT2D eigenvalue weighted by molar-refractivity contribution is 6.04. The normalized spacial score (nSPS) is 10.3. The minimum Gasteiger partial charge on any atom is -0.497 e. The zero-order valence-electron chi connectivity index (χ0n) is 13.7. The molecular weight excluding hydrogens is 278 g/mol. The molecule has 0 aliphatic heterocycles. The van der Waals surface area contributed by atoms with Gasteiger partial charge in [-0.3, -0.25) is 9.59 Å². The maximum Gasteiger partial charge on any atom is 0.231 e. The van der Waals surface area contributed by atoms with Crippen molar-refractivity contribution in [1.29, 1.82) is 0 Å². The van der Waals surface area contributed by atoms with Gasteiger partial charge in [0.15, 0.2) is 0 Å². The van der Waals surface area contributed by atoms with Gasteiger partial charge < -0.3 is 10.1 Å². The second kappa shape index (κ2) is 10.8. The standard InChI is InChI=1S/C18H27NO3/c1-3-4-5-6-7-8-11-16(20)14-18(21)19-15-10-9-12-17(13-15)22-2/h9-10,12-13H,3-8,11,14H2,1-2H3,(H,19,21). The van der Waals surface area contributed by atoms with Gasteiger partial charge in [0.25, 0.3) is 0 Å². The number of ether oxygens (including phenoxy) is 1. The van der Waals surface area contributed by atoms with Crippen LogP contribution in [0.2, 0.25) is 0 Å². The average Bonchev–Trinajstić information content (AvgIpc) is 2.50. The Morgan fingerprint density at radius 3 is 2.55 bits per heavy atom. The number of rotatable bonds is 11. The van der Waals surface area contributed by atoms with Crippen LogP contribution in [0.15, 0.2) is 24.3 Å². The second-order valence-corrected chi connectivity index (χ2v) is 5.51. The molecule has 1 amide bonds. The fourth-order valence-corrected chi connectivity index (χ4v) is 2.28. The fourth-order valence-electron chi connectivity index (χ4n) is 2.28. The summed E-state index contributed by atoms with van der Waals surface area (Å²) in [6.07, 6.45) is 7.31. The fraction of sp³-hybridized carbons (Fsp3) is 0.556. The minimum atomic E-state index is -0.260. The van der Waals surface area contributed by atoms with Crippen LogP contribution in [-0.4, -0.2) is 18.8 Å². The van der Waals surface area contributed by atoms with Gasteiger partial charge in [0.05, 0.1) is 13.5 Å². The highest BCUT2D eigenvalue weighted by Gasteiger charge is 2.09. The first-order valence-corrected chi connectivity index (χ1v) is 8.11. The van der Waals surface area contributed by atoms with Crippen LogP contribution in [0.1, 0.15) is 58.3 Å². The Bertz CT molecular complexity index is 471. The molecule has 0 aliphatic rings. The summed E-state index contributed by atoms with van der Waals surface area (Å²) in [5.74, 6) is 0.427. The third kappa shape index (κ3) is 7.81. The lowest BCUT2D eigenvalue weighted by molar-refractivity contribution is -0.125. The van der Waals surface area contributed by atoms with Crippen LogP contribution in [0.3, 0.4) is 0 Å². The Kier molecular flexibility index (Phi) is 8.96. The lowest BCUT2D eigenvalue weighted by Crippen LogP contribution is -2.16. The molecule has 1 aromatic rings. The topological polar surface area (TPSA) is 55.4 Å². The molecule has 4 nitrogen and oxygen atoms in total. The summed E-state index contributed by atoms with van der Waals surface area (Å²) >= 11 is 0. The molecule has 0 aliphatic carbocycles. The molecule has 0 saturated heterocycles. The summed E-state index contributed by atoms with van der Waals surface area (Å²) in [6.45, 7) is 2.18. The number of amides is 1. The predicted molar refractivity (Wildman–Crippen MR) is 89.2 cm³/mol. The van der Waals surface area contributed by atoms with E-state index in [0.29, 0.717) is 17.9 Å². The van der Waals surface area contributed by atoms with Crippen molar-refractivity contribution in [2.75, 3.05) is 12.4 Å². The first-order valence-electron chi connectivity index (χ1n) is 8.11. The van der Waals surface area contributed by atoms with E-state index in [1.807, 2.05) is 0 Å². The zero-order chi connectivity index (χ0) is 16.2. The smallest absolute Gasteiger partial charge is 0.231 e. The Balaban J connectivity index is 2.22. The maximum atomic E-state index is 11.8. The van der Waals surface area contributed by atoms with E-state index >= 15 is 0 Å². The molecule has 122 valence electrons. The largest absolute Gasteiger partial charge is 0.497 e. The first-order chi connectivity index (χ1) is 10.7. The van der Waals surface area contributed by atoms with E-state index in [1.165, 1.54) is 25.7 Å². The molecule has 0 bridgehead atoms. The lowest BCUT2D eigenvalue weighted by atomic mass is 10.1. The van der Waals surface area contributed by atoms with Crippen molar-refractivity contribution < 1.29 is 14.3 Å². The number of benzene rings is 1. The third-order valence-electron chi connectivity index (χ3n) is 3.52. The molecule has 0 atom stereocenters. The molecule has 1 N–H and O–H groups in total. The number of anilines is 1. The summed E-state index contributed by atoms with van der Waals surface area (Å²) < 4.78 is 5.09. The van der Waals surface area contributed by atoms with E-state index in [1.54, 1.807) is 31.4 Å². The predicted octanol–water partition coefficient (Wildman–Crippen LogP) is 4.34. The molecule has 1 rings (SSSR count). The van der Waals surface area contributed by atoms with Gasteiger partial charge in [0.1, 0.15) is 11.5 Å². The molecule has 0 spiro atoms. The van der Waals surface area contributed by atoms with E-state index < -0.39 is 0 Å². The number of hydrogen-bond donors (Lipinski definition) is 1. The maximum absolute atomic E-state index is 11.8. The number of nitrogens with one attached hydrogen (secondary N) is 1. The molecule has 0 radical (unpaired) electrons. The Morgan fingerprint density at radius 1 is 1.09 bits per heavy atom. The van der Waals surface area contributed by atoms with E-state index in [4.69, 9.17) is 4.74 Å². The molecule has 0 aromatic heterocycles. The Morgan fingerprint density at radius 2 is 1.82 bits per heavy atom. The van der Waals surface area contributed by atoms with Gasteiger partial charge in [-0.1, -0.05) is 45.1 Å². The zero-order valence-corrected chi connectivity index (χ0v) is 13.7. The lowest BCUT2D eigenvalue weighted by Gasteiger charge is -2.06. The van der Waals surface area contributed by atoms with Gasteiger partial charge in [0, 0.05) is 18.2 Å². The highest BCUT2D eigenvalue weighted by atomic mass is 16.5. The van der Waals surface area contributed by atoms with Crippen LogP contribution in [0.5, 0.6) is 5.75 Å². The van der Waals surface area contributed by atoms with Crippen molar-refractivity contribution in [3.8, 4) is 5.75 Å².